The molecule has 1 heteroatoms. The van der Waals surface area contributed by atoms with Crippen LogP contribution in [-0.4, -0.2) is 5.78 Å². The van der Waals surface area contributed by atoms with Crippen LogP contribution in [0.2, 0.25) is 0 Å². The van der Waals surface area contributed by atoms with Crippen molar-refractivity contribution >= 4 is 27.3 Å². The third-order valence-corrected chi connectivity index (χ3v) is 4.38. The van der Waals surface area contributed by atoms with E-state index in [2.05, 4.69) is 51.1 Å². The second kappa shape index (κ2) is 6.16. The topological polar surface area (TPSA) is 17.1 Å². The molecule has 0 aromatic heterocycles. The summed E-state index contributed by atoms with van der Waals surface area (Å²) in [5.74, 6) is 0.266. The quantitative estimate of drug-likeness (QED) is 0.403. The van der Waals surface area contributed by atoms with Crippen LogP contribution in [0.15, 0.2) is 54.6 Å². The van der Waals surface area contributed by atoms with Gasteiger partial charge in [-0.05, 0) is 45.9 Å². The maximum atomic E-state index is 13.0. The lowest BCUT2D eigenvalue weighted by molar-refractivity contribution is 0.0979. The zero-order valence-corrected chi connectivity index (χ0v) is 14.2. The molecule has 0 heterocycles. The Bertz CT molecular complexity index is 799. The van der Waals surface area contributed by atoms with E-state index in [0.717, 1.165) is 39.9 Å². The molecule has 3 aromatic carbocycles. The fourth-order valence-electron chi connectivity index (χ4n) is 3.22. The fourth-order valence-corrected chi connectivity index (χ4v) is 3.22. The van der Waals surface area contributed by atoms with Crippen molar-refractivity contribution in [2.75, 3.05) is 0 Å². The highest BCUT2D eigenvalue weighted by atomic mass is 16.1. The first-order valence-corrected chi connectivity index (χ1v) is 8.39. The molecule has 118 valence electrons. The number of ketones is 1. The van der Waals surface area contributed by atoms with E-state index >= 15 is 0 Å². The first kappa shape index (κ1) is 15.7. The van der Waals surface area contributed by atoms with Gasteiger partial charge in [-0.3, -0.25) is 4.79 Å². The summed E-state index contributed by atoms with van der Waals surface area (Å²) in [7, 11) is 0. The second-order valence-electron chi connectivity index (χ2n) is 7.53. The van der Waals surface area contributed by atoms with Crippen LogP contribution in [0.5, 0.6) is 0 Å². The minimum Gasteiger partial charge on any atom is -0.294 e. The van der Waals surface area contributed by atoms with Crippen LogP contribution in [0, 0.1) is 5.41 Å². The molecular formula is C22H24O. The van der Waals surface area contributed by atoms with Gasteiger partial charge in [0.05, 0.1) is 0 Å². The molecule has 0 amide bonds. The van der Waals surface area contributed by atoms with Gasteiger partial charge in [0.2, 0.25) is 0 Å². The summed E-state index contributed by atoms with van der Waals surface area (Å²) >= 11 is 0. The van der Waals surface area contributed by atoms with E-state index in [1.807, 2.05) is 24.3 Å². The Kier molecular flexibility index (Phi) is 4.21. The number of hydrogen-bond acceptors (Lipinski definition) is 1. The molecule has 0 aliphatic rings. The van der Waals surface area contributed by atoms with E-state index in [1.165, 1.54) is 0 Å². The molecule has 0 saturated heterocycles. The van der Waals surface area contributed by atoms with Crippen LogP contribution in [-0.2, 0) is 0 Å². The lowest BCUT2D eigenvalue weighted by Crippen LogP contribution is -2.07. The zero-order valence-electron chi connectivity index (χ0n) is 14.2. The van der Waals surface area contributed by atoms with E-state index in [-0.39, 0.29) is 11.2 Å². The fraction of sp³-hybridized carbons (Fsp3) is 0.318. The molecule has 0 N–H and O–H groups in total. The predicted molar refractivity (Wildman–Crippen MR) is 99.1 cm³/mol. The smallest absolute Gasteiger partial charge is 0.164 e. The standard InChI is InChI=1S/C22H24O/c1-22(2,3)14-8-13-20(23)21-18-11-6-4-9-16(18)15-17-10-5-7-12-19(17)21/h4-7,9-12,15H,8,13-14H2,1-3H3. The summed E-state index contributed by atoms with van der Waals surface area (Å²) in [6.45, 7) is 6.68. The van der Waals surface area contributed by atoms with Crippen molar-refractivity contribution in [3.05, 3.63) is 60.2 Å². The maximum Gasteiger partial charge on any atom is 0.164 e. The number of benzene rings is 3. The normalized spacial score (nSPS) is 12.0. The molecule has 3 aromatic rings. The van der Waals surface area contributed by atoms with Gasteiger partial charge in [0.1, 0.15) is 0 Å². The highest BCUT2D eigenvalue weighted by Crippen LogP contribution is 2.30. The molecular weight excluding hydrogens is 280 g/mol. The Hall–Kier alpha value is -2.15. The third-order valence-electron chi connectivity index (χ3n) is 4.38. The van der Waals surface area contributed by atoms with E-state index in [9.17, 15) is 4.79 Å². The lowest BCUT2D eigenvalue weighted by Gasteiger charge is -2.17. The molecule has 0 bridgehead atoms. The van der Waals surface area contributed by atoms with E-state index in [0.29, 0.717) is 6.42 Å². The van der Waals surface area contributed by atoms with Crippen molar-refractivity contribution in [3.63, 3.8) is 0 Å². The van der Waals surface area contributed by atoms with Gasteiger partial charge in [0.15, 0.2) is 5.78 Å². The Morgan fingerprint density at radius 1 is 0.870 bits per heavy atom. The van der Waals surface area contributed by atoms with Crippen LogP contribution in [0.25, 0.3) is 21.5 Å². The Morgan fingerprint density at radius 2 is 1.39 bits per heavy atom. The minimum atomic E-state index is 0.266. The molecule has 23 heavy (non-hydrogen) atoms. The van der Waals surface area contributed by atoms with Gasteiger partial charge in [-0.2, -0.15) is 0 Å². The Morgan fingerprint density at radius 3 is 1.91 bits per heavy atom. The van der Waals surface area contributed by atoms with Crippen LogP contribution in [0.1, 0.15) is 50.4 Å². The van der Waals surface area contributed by atoms with Crippen molar-refractivity contribution in [1.29, 1.82) is 0 Å². The van der Waals surface area contributed by atoms with Crippen molar-refractivity contribution in [2.24, 2.45) is 5.41 Å². The minimum absolute atomic E-state index is 0.266. The third kappa shape index (κ3) is 3.44. The maximum absolute atomic E-state index is 13.0. The molecule has 0 atom stereocenters. The summed E-state index contributed by atoms with van der Waals surface area (Å²) in [4.78, 5) is 13.0. The van der Waals surface area contributed by atoms with Gasteiger partial charge in [0.25, 0.3) is 0 Å². The number of carbonyl (C=O) groups excluding carboxylic acids is 1. The zero-order chi connectivity index (χ0) is 16.4. The molecule has 0 radical (unpaired) electrons. The number of fused-ring (bicyclic) bond motifs is 2. The Labute approximate surface area is 138 Å². The highest BCUT2D eigenvalue weighted by Gasteiger charge is 2.16. The van der Waals surface area contributed by atoms with Gasteiger partial charge in [-0.15, -0.1) is 0 Å². The predicted octanol–water partition coefficient (Wildman–Crippen LogP) is 6.39. The summed E-state index contributed by atoms with van der Waals surface area (Å²) in [6, 6.07) is 18.6. The van der Waals surface area contributed by atoms with E-state index < -0.39 is 0 Å². The average molecular weight is 304 g/mol. The largest absolute Gasteiger partial charge is 0.294 e. The van der Waals surface area contributed by atoms with Crippen molar-refractivity contribution < 1.29 is 4.79 Å². The molecule has 1 nitrogen and oxygen atoms in total. The summed E-state index contributed by atoms with van der Waals surface area (Å²) in [5.41, 5.74) is 1.17. The molecule has 0 aliphatic carbocycles. The second-order valence-corrected chi connectivity index (χ2v) is 7.53. The molecule has 0 fully saturated rings. The van der Waals surface area contributed by atoms with E-state index in [4.69, 9.17) is 0 Å². The molecule has 0 saturated carbocycles. The van der Waals surface area contributed by atoms with Crippen LogP contribution in [0.4, 0.5) is 0 Å². The van der Waals surface area contributed by atoms with Crippen LogP contribution in [0.3, 0.4) is 0 Å². The van der Waals surface area contributed by atoms with Gasteiger partial charge in [0, 0.05) is 12.0 Å². The first-order valence-electron chi connectivity index (χ1n) is 8.39. The van der Waals surface area contributed by atoms with Gasteiger partial charge >= 0.3 is 0 Å². The van der Waals surface area contributed by atoms with Crippen molar-refractivity contribution in [2.45, 2.75) is 40.0 Å². The average Bonchev–Trinajstić information content (AvgIpc) is 2.51. The van der Waals surface area contributed by atoms with Crippen LogP contribution < -0.4 is 0 Å². The number of Topliss-reactive ketones (excluding diaryl/α,β-unsaturated/α-hetero) is 1. The summed E-state index contributed by atoms with van der Waals surface area (Å²) in [6.07, 6.45) is 2.64. The van der Waals surface area contributed by atoms with Gasteiger partial charge in [-0.1, -0.05) is 69.3 Å². The van der Waals surface area contributed by atoms with Crippen molar-refractivity contribution in [1.82, 2.24) is 0 Å². The molecule has 0 aliphatic heterocycles. The van der Waals surface area contributed by atoms with E-state index in [1.54, 1.807) is 0 Å². The number of hydrogen-bond donors (Lipinski definition) is 0. The lowest BCUT2D eigenvalue weighted by atomic mass is 9.87. The summed E-state index contributed by atoms with van der Waals surface area (Å²) in [5, 5.41) is 4.44. The SMILES string of the molecule is CC(C)(C)CCCC(=O)c1c2ccccc2cc2ccccc12. The summed E-state index contributed by atoms with van der Waals surface area (Å²) < 4.78 is 0. The monoisotopic (exact) mass is 304 g/mol. The molecule has 0 unspecified atom stereocenters. The van der Waals surface area contributed by atoms with Gasteiger partial charge in [-0.25, -0.2) is 0 Å². The number of rotatable bonds is 4. The Balaban J connectivity index is 2.04. The van der Waals surface area contributed by atoms with Gasteiger partial charge < -0.3 is 0 Å². The first-order chi connectivity index (χ1) is 11.0. The van der Waals surface area contributed by atoms with Crippen molar-refractivity contribution in [3.8, 4) is 0 Å². The highest BCUT2D eigenvalue weighted by molar-refractivity contribution is 6.18. The molecule has 0 spiro atoms. The van der Waals surface area contributed by atoms with Crippen LogP contribution >= 0.6 is 0 Å². The number of carbonyl (C=O) groups is 1. The molecule has 3 rings (SSSR count).